The van der Waals surface area contributed by atoms with Crippen molar-refractivity contribution < 1.29 is 14.4 Å². The van der Waals surface area contributed by atoms with E-state index >= 15 is 0 Å². The van der Waals surface area contributed by atoms with Gasteiger partial charge in [-0.3, -0.25) is 14.4 Å². The minimum Gasteiger partial charge on any atom is -0.342 e. The van der Waals surface area contributed by atoms with Crippen LogP contribution in [0.25, 0.3) is 0 Å². The van der Waals surface area contributed by atoms with Gasteiger partial charge in [0.2, 0.25) is 22.9 Å². The first-order valence-corrected chi connectivity index (χ1v) is 12.1. The number of hydrogen-bond donors (Lipinski definition) is 1. The second kappa shape index (κ2) is 10.2. The molecule has 9 heteroatoms. The summed E-state index contributed by atoms with van der Waals surface area (Å²) >= 11 is 1.43. The number of aryl methyl sites for hydroxylation is 1. The summed E-state index contributed by atoms with van der Waals surface area (Å²) in [7, 11) is 0. The van der Waals surface area contributed by atoms with Crippen molar-refractivity contribution >= 4 is 39.9 Å². The smallest absolute Gasteiger partial charge is 0.229 e. The van der Waals surface area contributed by atoms with E-state index in [0.717, 1.165) is 30.0 Å². The molecule has 1 aromatic heterocycles. The monoisotopic (exact) mass is 455 g/mol. The van der Waals surface area contributed by atoms with Gasteiger partial charge in [-0.15, -0.1) is 10.2 Å². The topological polar surface area (TPSA) is 95.5 Å². The Bertz CT molecular complexity index is 956. The molecule has 2 aliphatic heterocycles. The Morgan fingerprint density at radius 1 is 1.12 bits per heavy atom. The van der Waals surface area contributed by atoms with E-state index in [9.17, 15) is 14.4 Å². The number of likely N-dealkylation sites (tertiary alicyclic amines) is 1. The number of benzene rings is 1. The summed E-state index contributed by atoms with van der Waals surface area (Å²) in [6.45, 7) is 3.61. The molecule has 0 aliphatic carbocycles. The molecule has 0 saturated carbocycles. The van der Waals surface area contributed by atoms with Gasteiger partial charge >= 0.3 is 0 Å². The van der Waals surface area contributed by atoms with Crippen LogP contribution in [0.1, 0.15) is 44.0 Å². The maximum atomic E-state index is 13.0. The number of nitrogens with zero attached hydrogens (tertiary/aromatic N) is 4. The summed E-state index contributed by atoms with van der Waals surface area (Å²) in [5.41, 5.74) is 0.831. The van der Waals surface area contributed by atoms with Crippen LogP contribution in [-0.4, -0.2) is 52.5 Å². The maximum Gasteiger partial charge on any atom is 0.229 e. The Morgan fingerprint density at radius 3 is 2.59 bits per heavy atom. The zero-order valence-electron chi connectivity index (χ0n) is 18.3. The van der Waals surface area contributed by atoms with E-state index in [2.05, 4.69) is 22.4 Å². The minimum absolute atomic E-state index is 0.0142. The van der Waals surface area contributed by atoms with Gasteiger partial charge in [0.25, 0.3) is 0 Å². The second-order valence-corrected chi connectivity index (χ2v) is 9.50. The van der Waals surface area contributed by atoms with E-state index in [1.54, 1.807) is 4.90 Å². The first-order valence-electron chi connectivity index (χ1n) is 11.3. The molecule has 2 aromatic rings. The first kappa shape index (κ1) is 22.4. The van der Waals surface area contributed by atoms with Gasteiger partial charge < -0.3 is 15.1 Å². The molecule has 3 amide bonds. The fourth-order valence-electron chi connectivity index (χ4n) is 4.29. The van der Waals surface area contributed by atoms with Gasteiger partial charge in [0.15, 0.2) is 0 Å². The molecule has 1 unspecified atom stereocenters. The minimum atomic E-state index is -0.323. The van der Waals surface area contributed by atoms with Crippen molar-refractivity contribution in [2.75, 3.05) is 29.9 Å². The highest BCUT2D eigenvalue weighted by Gasteiger charge is 2.38. The fraction of sp³-hybridized carbons (Fsp3) is 0.522. The number of unbranched alkanes of at least 4 members (excludes halogenated alkanes) is 1. The number of piperidine rings is 1. The average Bonchev–Trinajstić information content (AvgIpc) is 3.44. The molecule has 8 nitrogen and oxygen atoms in total. The third-order valence-corrected chi connectivity index (χ3v) is 7.06. The molecule has 3 heterocycles. The van der Waals surface area contributed by atoms with E-state index < -0.39 is 0 Å². The molecular weight excluding hydrogens is 426 g/mol. The van der Waals surface area contributed by atoms with Gasteiger partial charge in [-0.2, -0.15) is 0 Å². The van der Waals surface area contributed by atoms with Gasteiger partial charge in [0.05, 0.1) is 5.92 Å². The predicted molar refractivity (Wildman–Crippen MR) is 123 cm³/mol. The number of anilines is 2. The predicted octanol–water partition coefficient (Wildman–Crippen LogP) is 3.11. The van der Waals surface area contributed by atoms with Gasteiger partial charge in [0, 0.05) is 44.1 Å². The lowest BCUT2D eigenvalue weighted by molar-refractivity contribution is -0.138. The molecule has 2 fully saturated rings. The molecule has 32 heavy (non-hydrogen) atoms. The number of carbonyl (C=O) groups is 3. The van der Waals surface area contributed by atoms with Crippen LogP contribution in [0.3, 0.4) is 0 Å². The summed E-state index contributed by atoms with van der Waals surface area (Å²) in [6, 6.07) is 9.46. The van der Waals surface area contributed by atoms with Gasteiger partial charge in [0.1, 0.15) is 5.01 Å². The molecule has 170 valence electrons. The van der Waals surface area contributed by atoms with E-state index in [-0.39, 0.29) is 36.0 Å². The zero-order chi connectivity index (χ0) is 22.5. The Morgan fingerprint density at radius 2 is 1.88 bits per heavy atom. The van der Waals surface area contributed by atoms with Crippen LogP contribution in [-0.2, 0) is 20.8 Å². The molecule has 1 aromatic carbocycles. The molecule has 0 bridgehead atoms. The number of carbonyl (C=O) groups excluding carboxylic acids is 3. The van der Waals surface area contributed by atoms with E-state index in [0.29, 0.717) is 37.6 Å². The van der Waals surface area contributed by atoms with Crippen LogP contribution in [0.5, 0.6) is 0 Å². The van der Waals surface area contributed by atoms with Crippen LogP contribution in [0, 0.1) is 11.8 Å². The number of para-hydroxylation sites is 1. The second-order valence-electron chi connectivity index (χ2n) is 8.43. The normalized spacial score (nSPS) is 19.4. The Labute approximate surface area is 192 Å². The summed E-state index contributed by atoms with van der Waals surface area (Å²) in [4.78, 5) is 41.6. The Hall–Kier alpha value is -2.81. The molecule has 0 radical (unpaired) electrons. The molecule has 4 rings (SSSR count). The highest BCUT2D eigenvalue weighted by atomic mass is 32.1. The lowest BCUT2D eigenvalue weighted by atomic mass is 9.94. The maximum absolute atomic E-state index is 13.0. The summed E-state index contributed by atoms with van der Waals surface area (Å²) < 4.78 is 0. The number of rotatable bonds is 7. The molecule has 1 atom stereocenters. The third-order valence-electron chi connectivity index (χ3n) is 6.16. The highest BCUT2D eigenvalue weighted by molar-refractivity contribution is 7.15. The highest BCUT2D eigenvalue weighted by Crippen LogP contribution is 2.28. The van der Waals surface area contributed by atoms with Crippen molar-refractivity contribution in [1.82, 2.24) is 15.1 Å². The van der Waals surface area contributed by atoms with Gasteiger partial charge in [-0.1, -0.05) is 42.9 Å². The molecule has 1 N–H and O–H groups in total. The molecule has 2 aliphatic rings. The molecular formula is C23H29N5O3S. The van der Waals surface area contributed by atoms with Gasteiger partial charge in [-0.05, 0) is 31.4 Å². The van der Waals surface area contributed by atoms with Crippen molar-refractivity contribution in [3.8, 4) is 0 Å². The SMILES string of the molecule is CCCCc1nnc(NC(=O)C2CCN(C(=O)C3CC(=O)N(c4ccccc4)C3)CC2)s1. The van der Waals surface area contributed by atoms with E-state index in [4.69, 9.17) is 0 Å². The average molecular weight is 456 g/mol. The molecule has 2 saturated heterocycles. The Kier molecular flexibility index (Phi) is 7.14. The summed E-state index contributed by atoms with van der Waals surface area (Å²) in [5.74, 6) is -0.523. The Balaban J connectivity index is 1.26. The van der Waals surface area contributed by atoms with Crippen LogP contribution in [0.15, 0.2) is 30.3 Å². The lowest BCUT2D eigenvalue weighted by Gasteiger charge is -2.32. The zero-order valence-corrected chi connectivity index (χ0v) is 19.1. The van der Waals surface area contributed by atoms with Crippen LogP contribution in [0.4, 0.5) is 10.8 Å². The fourth-order valence-corrected chi connectivity index (χ4v) is 5.08. The van der Waals surface area contributed by atoms with Crippen LogP contribution in [0.2, 0.25) is 0 Å². The molecule has 0 spiro atoms. The number of amides is 3. The van der Waals surface area contributed by atoms with Crippen LogP contribution >= 0.6 is 11.3 Å². The lowest BCUT2D eigenvalue weighted by Crippen LogP contribution is -2.44. The third kappa shape index (κ3) is 5.15. The largest absolute Gasteiger partial charge is 0.342 e. The first-order chi connectivity index (χ1) is 15.5. The van der Waals surface area contributed by atoms with Crippen molar-refractivity contribution in [3.05, 3.63) is 35.3 Å². The summed E-state index contributed by atoms with van der Waals surface area (Å²) in [6.07, 6.45) is 4.51. The number of nitrogens with one attached hydrogen (secondary N) is 1. The van der Waals surface area contributed by atoms with E-state index in [1.165, 1.54) is 11.3 Å². The van der Waals surface area contributed by atoms with E-state index in [1.807, 2.05) is 35.2 Å². The quantitative estimate of drug-likeness (QED) is 0.692. The van der Waals surface area contributed by atoms with Crippen molar-refractivity contribution in [2.24, 2.45) is 11.8 Å². The van der Waals surface area contributed by atoms with Crippen molar-refractivity contribution in [2.45, 2.75) is 45.4 Å². The van der Waals surface area contributed by atoms with Crippen LogP contribution < -0.4 is 10.2 Å². The van der Waals surface area contributed by atoms with Crippen molar-refractivity contribution in [3.63, 3.8) is 0 Å². The number of hydrogen-bond acceptors (Lipinski definition) is 6. The standard InChI is InChI=1S/C23H29N5O3S/c1-2-3-9-19-25-26-23(32-19)24-21(30)16-10-12-27(13-11-16)22(31)17-14-20(29)28(15-17)18-7-5-4-6-8-18/h4-8,16-17H,2-3,9-15H2,1H3,(H,24,26,30). The van der Waals surface area contributed by atoms with Crippen molar-refractivity contribution in [1.29, 1.82) is 0 Å². The van der Waals surface area contributed by atoms with Gasteiger partial charge in [-0.25, -0.2) is 0 Å². The number of aromatic nitrogens is 2. The summed E-state index contributed by atoms with van der Waals surface area (Å²) in [5, 5.41) is 12.6.